The molecule has 1 heterocycles. The summed E-state index contributed by atoms with van der Waals surface area (Å²) in [4.78, 5) is 14.5. The zero-order chi connectivity index (χ0) is 14.8. The van der Waals surface area contributed by atoms with Crippen LogP contribution in [0.25, 0.3) is 0 Å². The van der Waals surface area contributed by atoms with Crippen molar-refractivity contribution < 1.29 is 27.2 Å². The van der Waals surface area contributed by atoms with Gasteiger partial charge in [-0.1, -0.05) is 17.3 Å². The summed E-state index contributed by atoms with van der Waals surface area (Å²) in [7, 11) is 1.26. The van der Waals surface area contributed by atoms with Gasteiger partial charge in [-0.25, -0.2) is 4.79 Å². The Labute approximate surface area is 111 Å². The van der Waals surface area contributed by atoms with Crippen molar-refractivity contribution in [1.82, 2.24) is 10.1 Å². The molecule has 20 heavy (non-hydrogen) atoms. The van der Waals surface area contributed by atoms with Crippen LogP contribution in [0.1, 0.15) is 27.6 Å². The molecule has 1 aromatic heterocycles. The standard InChI is InChI=1S/C12H9F3N2O3/c1-19-10(18)8-4-2-7(3-5-8)6-9-16-11(20-17-9)12(13,14)15/h2-5H,6H2,1H3. The van der Waals surface area contributed by atoms with Gasteiger partial charge in [-0.3, -0.25) is 0 Å². The van der Waals surface area contributed by atoms with E-state index in [0.717, 1.165) is 0 Å². The first-order valence-corrected chi connectivity index (χ1v) is 5.47. The van der Waals surface area contributed by atoms with Crippen molar-refractivity contribution in [2.24, 2.45) is 0 Å². The Kier molecular flexibility index (Phi) is 3.73. The average Bonchev–Trinajstić information content (AvgIpc) is 2.87. The molecular formula is C12H9F3N2O3. The number of carbonyl (C=O) groups is 1. The van der Waals surface area contributed by atoms with Crippen molar-refractivity contribution >= 4 is 5.97 Å². The molecule has 0 spiro atoms. The highest BCUT2D eigenvalue weighted by molar-refractivity contribution is 5.89. The van der Waals surface area contributed by atoms with Crippen molar-refractivity contribution in [2.75, 3.05) is 7.11 Å². The smallest absolute Gasteiger partial charge is 0.465 e. The summed E-state index contributed by atoms with van der Waals surface area (Å²) in [5, 5.41) is 3.25. The lowest BCUT2D eigenvalue weighted by molar-refractivity contribution is -0.159. The molecule has 0 radical (unpaired) electrons. The maximum atomic E-state index is 12.3. The second-order valence-electron chi connectivity index (χ2n) is 3.88. The van der Waals surface area contributed by atoms with E-state index in [2.05, 4.69) is 19.4 Å². The highest BCUT2D eigenvalue weighted by Gasteiger charge is 2.38. The summed E-state index contributed by atoms with van der Waals surface area (Å²) in [6.07, 6.45) is -4.58. The summed E-state index contributed by atoms with van der Waals surface area (Å²) in [6.45, 7) is 0. The fourth-order valence-corrected chi connectivity index (χ4v) is 1.50. The van der Waals surface area contributed by atoms with Crippen molar-refractivity contribution in [3.63, 3.8) is 0 Å². The molecule has 0 fully saturated rings. The van der Waals surface area contributed by atoms with Crippen molar-refractivity contribution in [2.45, 2.75) is 12.6 Å². The molecule has 0 saturated heterocycles. The van der Waals surface area contributed by atoms with Gasteiger partial charge in [-0.05, 0) is 17.7 Å². The zero-order valence-electron chi connectivity index (χ0n) is 10.3. The first kappa shape index (κ1) is 14.0. The average molecular weight is 286 g/mol. The summed E-state index contributed by atoms with van der Waals surface area (Å²) in [5.41, 5.74) is 0.993. The number of esters is 1. The van der Waals surface area contributed by atoms with Gasteiger partial charge in [0.25, 0.3) is 0 Å². The second kappa shape index (κ2) is 5.32. The predicted octanol–water partition coefficient (Wildman–Crippen LogP) is 2.47. The number of rotatable bonds is 3. The largest absolute Gasteiger partial charge is 0.471 e. The number of hydrogen-bond donors (Lipinski definition) is 0. The lowest BCUT2D eigenvalue weighted by atomic mass is 10.1. The Morgan fingerprint density at radius 1 is 1.30 bits per heavy atom. The predicted molar refractivity (Wildman–Crippen MR) is 59.9 cm³/mol. The molecule has 2 aromatic rings. The summed E-state index contributed by atoms with van der Waals surface area (Å²) < 4.78 is 45.5. The van der Waals surface area contributed by atoms with Crippen LogP contribution in [-0.4, -0.2) is 23.2 Å². The van der Waals surface area contributed by atoms with Gasteiger partial charge >= 0.3 is 18.0 Å². The molecule has 8 heteroatoms. The second-order valence-corrected chi connectivity index (χ2v) is 3.88. The number of halogens is 3. The number of hydrogen-bond acceptors (Lipinski definition) is 5. The number of methoxy groups -OCH3 is 1. The van der Waals surface area contributed by atoms with E-state index in [4.69, 9.17) is 0 Å². The van der Waals surface area contributed by atoms with Gasteiger partial charge in [0, 0.05) is 6.42 Å². The van der Waals surface area contributed by atoms with Crippen LogP contribution in [0.15, 0.2) is 28.8 Å². The number of alkyl halides is 3. The third-order valence-corrected chi connectivity index (χ3v) is 2.45. The zero-order valence-corrected chi connectivity index (χ0v) is 10.3. The van der Waals surface area contributed by atoms with Gasteiger partial charge in [0.2, 0.25) is 0 Å². The summed E-state index contributed by atoms with van der Waals surface area (Å²) >= 11 is 0. The topological polar surface area (TPSA) is 65.2 Å². The minimum Gasteiger partial charge on any atom is -0.465 e. The first-order chi connectivity index (χ1) is 9.40. The lowest BCUT2D eigenvalue weighted by Gasteiger charge is -2.00. The molecule has 0 bridgehead atoms. The van der Waals surface area contributed by atoms with Crippen LogP contribution in [0.3, 0.4) is 0 Å². The van der Waals surface area contributed by atoms with Crippen LogP contribution in [0.4, 0.5) is 13.2 Å². The molecule has 0 saturated carbocycles. The fraction of sp³-hybridized carbons (Fsp3) is 0.250. The van der Waals surface area contributed by atoms with Gasteiger partial charge < -0.3 is 9.26 Å². The van der Waals surface area contributed by atoms with Gasteiger partial charge in [-0.2, -0.15) is 18.2 Å². The number of nitrogens with zero attached hydrogens (tertiary/aromatic N) is 2. The Morgan fingerprint density at radius 3 is 2.45 bits per heavy atom. The van der Waals surface area contributed by atoms with Crippen molar-refractivity contribution in [3.8, 4) is 0 Å². The maximum Gasteiger partial charge on any atom is 0.471 e. The normalized spacial score (nSPS) is 11.4. The molecule has 0 atom stereocenters. The molecular weight excluding hydrogens is 277 g/mol. The molecule has 1 aromatic carbocycles. The Balaban J connectivity index is 2.10. The number of benzene rings is 1. The van der Waals surface area contributed by atoms with Gasteiger partial charge in [0.05, 0.1) is 12.7 Å². The number of carbonyl (C=O) groups excluding carboxylic acids is 1. The van der Waals surface area contributed by atoms with Crippen LogP contribution >= 0.6 is 0 Å². The molecule has 0 unspecified atom stereocenters. The van der Waals surface area contributed by atoms with Crippen LogP contribution in [0, 0.1) is 0 Å². The minimum atomic E-state index is -4.65. The van der Waals surface area contributed by atoms with E-state index in [9.17, 15) is 18.0 Å². The van der Waals surface area contributed by atoms with Gasteiger partial charge in [-0.15, -0.1) is 0 Å². The Bertz CT molecular complexity index is 605. The lowest BCUT2D eigenvalue weighted by Crippen LogP contribution is -2.05. The number of aromatic nitrogens is 2. The van der Waals surface area contributed by atoms with Crippen LogP contribution in [-0.2, 0) is 17.3 Å². The van der Waals surface area contributed by atoms with Gasteiger partial charge in [0.1, 0.15) is 0 Å². The highest BCUT2D eigenvalue weighted by atomic mass is 19.4. The van der Waals surface area contributed by atoms with E-state index in [1.165, 1.54) is 19.2 Å². The third kappa shape index (κ3) is 3.14. The summed E-state index contributed by atoms with van der Waals surface area (Å²) in [6, 6.07) is 6.17. The van der Waals surface area contributed by atoms with E-state index in [1.807, 2.05) is 0 Å². The highest BCUT2D eigenvalue weighted by Crippen LogP contribution is 2.27. The molecule has 0 amide bonds. The molecule has 0 N–H and O–H groups in total. The Morgan fingerprint density at radius 2 is 1.95 bits per heavy atom. The summed E-state index contributed by atoms with van der Waals surface area (Å²) in [5.74, 6) is -1.95. The maximum absolute atomic E-state index is 12.3. The van der Waals surface area contributed by atoms with E-state index in [-0.39, 0.29) is 12.2 Å². The fourth-order valence-electron chi connectivity index (χ4n) is 1.50. The molecule has 5 nitrogen and oxygen atoms in total. The molecule has 0 aliphatic heterocycles. The van der Waals surface area contributed by atoms with E-state index < -0.39 is 18.0 Å². The van der Waals surface area contributed by atoms with Crippen LogP contribution < -0.4 is 0 Å². The van der Waals surface area contributed by atoms with E-state index >= 15 is 0 Å². The number of ether oxygens (including phenoxy) is 1. The quantitative estimate of drug-likeness (QED) is 0.811. The SMILES string of the molecule is COC(=O)c1ccc(Cc2noc(C(F)(F)F)n2)cc1. The van der Waals surface area contributed by atoms with Crippen molar-refractivity contribution in [3.05, 3.63) is 47.1 Å². The van der Waals surface area contributed by atoms with Crippen LogP contribution in [0.5, 0.6) is 0 Å². The monoisotopic (exact) mass is 286 g/mol. The molecule has 2 rings (SSSR count). The van der Waals surface area contributed by atoms with Crippen LogP contribution in [0.2, 0.25) is 0 Å². The van der Waals surface area contributed by atoms with E-state index in [0.29, 0.717) is 11.1 Å². The van der Waals surface area contributed by atoms with Crippen molar-refractivity contribution in [1.29, 1.82) is 0 Å². The minimum absolute atomic E-state index is 0.0705. The van der Waals surface area contributed by atoms with E-state index in [1.54, 1.807) is 12.1 Å². The van der Waals surface area contributed by atoms with Gasteiger partial charge in [0.15, 0.2) is 5.82 Å². The third-order valence-electron chi connectivity index (χ3n) is 2.45. The first-order valence-electron chi connectivity index (χ1n) is 5.47. The Hall–Kier alpha value is -2.38. The molecule has 0 aliphatic carbocycles. The molecule has 0 aliphatic rings. The molecule has 106 valence electrons.